The third-order valence-electron chi connectivity index (χ3n) is 2.83. The molecule has 100 valence electrons. The number of nitriles is 1. The number of rotatable bonds is 3. The number of benzene rings is 1. The summed E-state index contributed by atoms with van der Waals surface area (Å²) < 4.78 is 13.5. The van der Waals surface area contributed by atoms with Gasteiger partial charge in [-0.15, -0.1) is 0 Å². The molecule has 0 aliphatic carbocycles. The van der Waals surface area contributed by atoms with Crippen molar-refractivity contribution in [3.8, 4) is 6.07 Å². The molecule has 0 saturated heterocycles. The Labute approximate surface area is 116 Å². The molecule has 0 aliphatic rings. The monoisotopic (exact) mass is 269 g/mol. The summed E-state index contributed by atoms with van der Waals surface area (Å²) in [6.45, 7) is 0.302. The van der Waals surface area contributed by atoms with Crippen LogP contribution in [-0.4, -0.2) is 22.8 Å². The number of hydrogen-bond donors (Lipinski definition) is 0. The lowest BCUT2D eigenvalue weighted by Crippen LogP contribution is -2.27. The molecule has 2 rings (SSSR count). The molecule has 1 aromatic carbocycles. The zero-order valence-corrected chi connectivity index (χ0v) is 10.9. The minimum Gasteiger partial charge on any atom is -0.337 e. The van der Waals surface area contributed by atoms with E-state index in [2.05, 4.69) is 4.98 Å². The fraction of sp³-hybridized carbons (Fsp3) is 0.133. The van der Waals surface area contributed by atoms with Crippen molar-refractivity contribution in [2.45, 2.75) is 6.54 Å². The van der Waals surface area contributed by atoms with E-state index in [1.54, 1.807) is 25.2 Å². The van der Waals surface area contributed by atoms with Crippen LogP contribution in [0.5, 0.6) is 0 Å². The van der Waals surface area contributed by atoms with E-state index >= 15 is 0 Å². The van der Waals surface area contributed by atoms with Crippen LogP contribution in [0.4, 0.5) is 4.39 Å². The van der Waals surface area contributed by atoms with E-state index in [0.717, 1.165) is 11.8 Å². The van der Waals surface area contributed by atoms with Gasteiger partial charge in [-0.3, -0.25) is 9.78 Å². The summed E-state index contributed by atoms with van der Waals surface area (Å²) in [7, 11) is 1.58. The second kappa shape index (κ2) is 5.93. The van der Waals surface area contributed by atoms with Crippen molar-refractivity contribution in [2.24, 2.45) is 0 Å². The van der Waals surface area contributed by atoms with Gasteiger partial charge in [-0.05, 0) is 23.8 Å². The number of hydrogen-bond acceptors (Lipinski definition) is 3. The number of aromatic nitrogens is 1. The van der Waals surface area contributed by atoms with Crippen LogP contribution < -0.4 is 0 Å². The number of halogens is 1. The molecular weight excluding hydrogens is 257 g/mol. The van der Waals surface area contributed by atoms with Crippen LogP contribution in [0.25, 0.3) is 0 Å². The van der Waals surface area contributed by atoms with Crippen LogP contribution in [-0.2, 0) is 6.54 Å². The second-order valence-electron chi connectivity index (χ2n) is 4.33. The van der Waals surface area contributed by atoms with Crippen LogP contribution in [0.3, 0.4) is 0 Å². The maximum Gasteiger partial charge on any atom is 0.256 e. The zero-order valence-electron chi connectivity index (χ0n) is 10.9. The SMILES string of the molecule is CN(Cc1cccc(C#N)c1)C(=O)c1ccncc1F. The van der Waals surface area contributed by atoms with Crippen molar-refractivity contribution in [1.82, 2.24) is 9.88 Å². The molecule has 0 atom stereocenters. The Morgan fingerprint density at radius 3 is 2.95 bits per heavy atom. The molecule has 1 heterocycles. The van der Waals surface area contributed by atoms with Crippen LogP contribution in [0.15, 0.2) is 42.7 Å². The Bertz CT molecular complexity index is 679. The molecule has 5 heteroatoms. The molecule has 1 aromatic heterocycles. The summed E-state index contributed by atoms with van der Waals surface area (Å²) >= 11 is 0. The van der Waals surface area contributed by atoms with Crippen LogP contribution in [0.2, 0.25) is 0 Å². The highest BCUT2D eigenvalue weighted by atomic mass is 19.1. The predicted molar refractivity (Wildman–Crippen MR) is 71.1 cm³/mol. The molecular formula is C15H12FN3O. The first-order valence-electron chi connectivity index (χ1n) is 5.96. The molecule has 1 amide bonds. The summed E-state index contributed by atoms with van der Waals surface area (Å²) in [6, 6.07) is 10.3. The van der Waals surface area contributed by atoms with Gasteiger partial charge in [0.15, 0.2) is 5.82 Å². The molecule has 0 spiro atoms. The minimum absolute atomic E-state index is 0.0149. The third-order valence-corrected chi connectivity index (χ3v) is 2.83. The zero-order chi connectivity index (χ0) is 14.5. The summed E-state index contributed by atoms with van der Waals surface area (Å²) in [6.07, 6.45) is 2.39. The van der Waals surface area contributed by atoms with E-state index in [1.165, 1.54) is 17.2 Å². The summed E-state index contributed by atoms with van der Waals surface area (Å²) in [4.78, 5) is 17.1. The van der Waals surface area contributed by atoms with Crippen molar-refractivity contribution in [1.29, 1.82) is 5.26 Å². The van der Waals surface area contributed by atoms with Gasteiger partial charge in [0.1, 0.15) is 0 Å². The van der Waals surface area contributed by atoms with Gasteiger partial charge < -0.3 is 4.90 Å². The van der Waals surface area contributed by atoms with E-state index in [1.807, 2.05) is 12.1 Å². The largest absolute Gasteiger partial charge is 0.337 e. The topological polar surface area (TPSA) is 57.0 Å². The van der Waals surface area contributed by atoms with E-state index in [-0.39, 0.29) is 5.56 Å². The average Bonchev–Trinajstić information content (AvgIpc) is 2.47. The Kier molecular flexibility index (Phi) is 4.06. The number of pyridine rings is 1. The highest BCUT2D eigenvalue weighted by Crippen LogP contribution is 2.11. The molecule has 0 bridgehead atoms. The lowest BCUT2D eigenvalue weighted by atomic mass is 10.1. The highest BCUT2D eigenvalue weighted by molar-refractivity contribution is 5.94. The van der Waals surface area contributed by atoms with Gasteiger partial charge >= 0.3 is 0 Å². The van der Waals surface area contributed by atoms with Gasteiger partial charge in [0.2, 0.25) is 0 Å². The third kappa shape index (κ3) is 2.98. The van der Waals surface area contributed by atoms with Gasteiger partial charge in [-0.2, -0.15) is 5.26 Å². The molecule has 0 fully saturated rings. The summed E-state index contributed by atoms with van der Waals surface area (Å²) in [5.41, 5.74) is 1.33. The van der Waals surface area contributed by atoms with Crippen molar-refractivity contribution < 1.29 is 9.18 Å². The number of carbonyl (C=O) groups is 1. The molecule has 0 unspecified atom stereocenters. The summed E-state index contributed by atoms with van der Waals surface area (Å²) in [5.74, 6) is -1.07. The molecule has 20 heavy (non-hydrogen) atoms. The fourth-order valence-electron chi connectivity index (χ4n) is 1.84. The van der Waals surface area contributed by atoms with Gasteiger partial charge in [0.05, 0.1) is 23.4 Å². The second-order valence-corrected chi connectivity index (χ2v) is 4.33. The highest BCUT2D eigenvalue weighted by Gasteiger charge is 2.16. The molecule has 0 radical (unpaired) electrons. The van der Waals surface area contributed by atoms with Crippen molar-refractivity contribution >= 4 is 5.91 Å². The van der Waals surface area contributed by atoms with Gasteiger partial charge in [-0.1, -0.05) is 12.1 Å². The first-order valence-corrected chi connectivity index (χ1v) is 5.96. The molecule has 4 nitrogen and oxygen atoms in total. The maximum absolute atomic E-state index is 13.5. The van der Waals surface area contributed by atoms with Crippen LogP contribution in [0.1, 0.15) is 21.5 Å². The number of amides is 1. The van der Waals surface area contributed by atoms with E-state index in [0.29, 0.717) is 12.1 Å². The smallest absolute Gasteiger partial charge is 0.256 e. The first-order chi connectivity index (χ1) is 9.61. The Hall–Kier alpha value is -2.74. The fourth-order valence-corrected chi connectivity index (χ4v) is 1.84. The van der Waals surface area contributed by atoms with Crippen LogP contribution >= 0.6 is 0 Å². The lowest BCUT2D eigenvalue weighted by Gasteiger charge is -2.17. The van der Waals surface area contributed by atoms with Gasteiger partial charge in [-0.25, -0.2) is 4.39 Å². The van der Waals surface area contributed by atoms with E-state index in [4.69, 9.17) is 5.26 Å². The lowest BCUT2D eigenvalue weighted by molar-refractivity contribution is 0.0780. The Morgan fingerprint density at radius 1 is 1.45 bits per heavy atom. The predicted octanol–water partition coefficient (Wildman–Crippen LogP) is 2.36. The maximum atomic E-state index is 13.5. The van der Waals surface area contributed by atoms with Gasteiger partial charge in [0.25, 0.3) is 5.91 Å². The number of nitrogens with zero attached hydrogens (tertiary/aromatic N) is 3. The Morgan fingerprint density at radius 2 is 2.25 bits per heavy atom. The standard InChI is InChI=1S/C15H12FN3O/c1-19(10-12-4-2-3-11(7-12)8-17)15(20)13-5-6-18-9-14(13)16/h2-7,9H,10H2,1H3. The average molecular weight is 269 g/mol. The molecule has 0 saturated carbocycles. The van der Waals surface area contributed by atoms with Crippen molar-refractivity contribution in [3.05, 3.63) is 65.2 Å². The van der Waals surface area contributed by atoms with Crippen LogP contribution in [0, 0.1) is 17.1 Å². The quantitative estimate of drug-likeness (QED) is 0.859. The summed E-state index contributed by atoms with van der Waals surface area (Å²) in [5, 5.41) is 8.83. The minimum atomic E-state index is -0.643. The molecule has 2 aromatic rings. The van der Waals surface area contributed by atoms with Crippen molar-refractivity contribution in [3.63, 3.8) is 0 Å². The normalized spacial score (nSPS) is 9.85. The number of carbonyl (C=O) groups excluding carboxylic acids is 1. The van der Waals surface area contributed by atoms with E-state index in [9.17, 15) is 9.18 Å². The first kappa shape index (κ1) is 13.7. The van der Waals surface area contributed by atoms with Gasteiger partial charge in [0, 0.05) is 19.8 Å². The van der Waals surface area contributed by atoms with Crippen molar-refractivity contribution in [2.75, 3.05) is 7.05 Å². The molecule has 0 N–H and O–H groups in total. The van der Waals surface area contributed by atoms with E-state index < -0.39 is 11.7 Å². The molecule has 0 aliphatic heterocycles. The Balaban J connectivity index is 2.16.